The van der Waals surface area contributed by atoms with Crippen LogP contribution < -0.4 is 19.8 Å². The predicted octanol–water partition coefficient (Wildman–Crippen LogP) is 3.78. The Morgan fingerprint density at radius 3 is 2.36 bits per heavy atom. The molecule has 2 saturated heterocycles. The molecule has 45 heavy (non-hydrogen) atoms. The number of anilines is 2. The summed E-state index contributed by atoms with van der Waals surface area (Å²) < 4.78 is 38.6. The van der Waals surface area contributed by atoms with Crippen molar-refractivity contribution in [2.45, 2.75) is 24.3 Å². The summed E-state index contributed by atoms with van der Waals surface area (Å²) >= 11 is 0. The Hall–Kier alpha value is -4.80. The highest BCUT2D eigenvalue weighted by atomic mass is 32.2. The van der Waals surface area contributed by atoms with Crippen LogP contribution >= 0.6 is 0 Å². The fraction of sp³-hybridized carbons (Fsp3) is 0.345. The maximum absolute atomic E-state index is 13.2. The molecule has 0 spiro atoms. The number of ether oxygens (including phenoxy) is 2. The van der Waals surface area contributed by atoms with Crippen molar-refractivity contribution in [3.8, 4) is 11.5 Å². The van der Waals surface area contributed by atoms with Crippen LogP contribution in [-0.4, -0.2) is 79.7 Å². The van der Waals surface area contributed by atoms with Crippen LogP contribution in [0.3, 0.4) is 0 Å². The molecule has 0 radical (unpaired) electrons. The Kier molecular flexibility index (Phi) is 8.51. The van der Waals surface area contributed by atoms with Crippen molar-refractivity contribution in [1.29, 1.82) is 0 Å². The molecule has 16 heteroatoms. The second-order valence-corrected chi connectivity index (χ2v) is 12.8. The van der Waals surface area contributed by atoms with Gasteiger partial charge in [-0.25, -0.2) is 8.42 Å². The molecule has 3 aliphatic heterocycles. The van der Waals surface area contributed by atoms with E-state index in [2.05, 4.69) is 15.4 Å². The van der Waals surface area contributed by atoms with Gasteiger partial charge in [0, 0.05) is 69.6 Å². The first-order chi connectivity index (χ1) is 21.7. The SMILES string of the molecule is O=[N+]([O-])c1ccc(N/N=C\c2ccc(N3CCN(Cc4ccc5c(c4)OCO5)CC3)c([N+](=O)[O-])c2)c(S(=O)(=O)N2CCCC2)c1. The summed E-state index contributed by atoms with van der Waals surface area (Å²) in [7, 11) is -4.00. The van der Waals surface area contributed by atoms with Crippen LogP contribution in [0.4, 0.5) is 22.7 Å². The Morgan fingerprint density at radius 2 is 1.62 bits per heavy atom. The number of fused-ring (bicyclic) bond motifs is 1. The van der Waals surface area contributed by atoms with Crippen molar-refractivity contribution in [3.63, 3.8) is 0 Å². The maximum atomic E-state index is 13.2. The summed E-state index contributed by atoms with van der Waals surface area (Å²) in [5.41, 5.74) is 4.32. The number of piperazine rings is 1. The van der Waals surface area contributed by atoms with Crippen molar-refractivity contribution >= 4 is 39.0 Å². The minimum Gasteiger partial charge on any atom is -0.454 e. The van der Waals surface area contributed by atoms with E-state index in [4.69, 9.17) is 9.47 Å². The molecule has 236 valence electrons. The fourth-order valence-electron chi connectivity index (χ4n) is 5.65. The van der Waals surface area contributed by atoms with Crippen molar-refractivity contribution in [3.05, 3.63) is 86.0 Å². The third-order valence-corrected chi connectivity index (χ3v) is 9.95. The number of nitrogens with one attached hydrogen (secondary N) is 1. The number of sulfonamides is 1. The first kappa shape index (κ1) is 30.2. The van der Waals surface area contributed by atoms with E-state index in [1.807, 2.05) is 23.1 Å². The quantitative estimate of drug-likeness (QED) is 0.195. The van der Waals surface area contributed by atoms with Crippen molar-refractivity contribution in [2.24, 2.45) is 5.10 Å². The summed E-state index contributed by atoms with van der Waals surface area (Å²) in [5.74, 6) is 1.47. The molecular formula is C29H31N7O8S. The number of non-ortho nitro benzene ring substituents is 1. The highest BCUT2D eigenvalue weighted by molar-refractivity contribution is 7.89. The lowest BCUT2D eigenvalue weighted by molar-refractivity contribution is -0.385. The summed E-state index contributed by atoms with van der Waals surface area (Å²) in [6.45, 7) is 4.26. The lowest BCUT2D eigenvalue weighted by Crippen LogP contribution is -2.46. The zero-order chi connectivity index (χ0) is 31.6. The van der Waals surface area contributed by atoms with Gasteiger partial charge in [-0.05, 0) is 42.7 Å². The zero-order valence-electron chi connectivity index (χ0n) is 24.2. The number of hydrogen-bond donors (Lipinski definition) is 1. The minimum atomic E-state index is -4.00. The molecule has 0 bridgehead atoms. The third kappa shape index (κ3) is 6.52. The lowest BCUT2D eigenvalue weighted by atomic mass is 10.1. The largest absolute Gasteiger partial charge is 0.454 e. The fourth-order valence-corrected chi connectivity index (χ4v) is 7.33. The van der Waals surface area contributed by atoms with E-state index < -0.39 is 19.9 Å². The molecule has 1 N–H and O–H groups in total. The van der Waals surface area contributed by atoms with Crippen molar-refractivity contribution in [2.75, 3.05) is 56.4 Å². The van der Waals surface area contributed by atoms with Gasteiger partial charge >= 0.3 is 0 Å². The van der Waals surface area contributed by atoms with Gasteiger partial charge in [-0.1, -0.05) is 12.1 Å². The number of nitro benzene ring substituents is 2. The molecule has 0 aromatic heterocycles. The number of nitrogens with zero attached hydrogens (tertiary/aromatic N) is 6. The summed E-state index contributed by atoms with van der Waals surface area (Å²) in [6.07, 6.45) is 2.76. The second kappa shape index (κ2) is 12.7. The molecule has 0 aliphatic carbocycles. The molecular weight excluding hydrogens is 606 g/mol. The van der Waals surface area contributed by atoms with Gasteiger partial charge in [-0.15, -0.1) is 0 Å². The maximum Gasteiger partial charge on any atom is 0.293 e. The lowest BCUT2D eigenvalue weighted by Gasteiger charge is -2.35. The van der Waals surface area contributed by atoms with Gasteiger partial charge in [-0.3, -0.25) is 30.6 Å². The second-order valence-electron chi connectivity index (χ2n) is 10.9. The predicted molar refractivity (Wildman–Crippen MR) is 165 cm³/mol. The van der Waals surface area contributed by atoms with Gasteiger partial charge in [0.25, 0.3) is 11.4 Å². The van der Waals surface area contributed by atoms with Gasteiger partial charge in [0.15, 0.2) is 11.5 Å². The molecule has 0 amide bonds. The number of hydrogen-bond acceptors (Lipinski definition) is 12. The van der Waals surface area contributed by atoms with Gasteiger partial charge in [0.1, 0.15) is 10.6 Å². The van der Waals surface area contributed by atoms with E-state index in [1.165, 1.54) is 28.7 Å². The highest BCUT2D eigenvalue weighted by Gasteiger charge is 2.31. The summed E-state index contributed by atoms with van der Waals surface area (Å²) in [4.78, 5) is 26.3. The third-order valence-electron chi connectivity index (χ3n) is 8.01. The van der Waals surface area contributed by atoms with Gasteiger partial charge in [-0.2, -0.15) is 9.41 Å². The molecule has 15 nitrogen and oxygen atoms in total. The number of nitro groups is 2. The van der Waals surface area contributed by atoms with Gasteiger partial charge in [0.2, 0.25) is 16.8 Å². The smallest absolute Gasteiger partial charge is 0.293 e. The summed E-state index contributed by atoms with van der Waals surface area (Å²) in [5, 5.41) is 27.5. The number of rotatable bonds is 10. The standard InChI is InChI=1S/C29H31N7O8S/c37-35(38)23-5-6-24(29(17-23)45(41,42)34-9-1-2-10-34)31-30-18-21-3-7-25(26(15-21)36(39)40)33-13-11-32(12-14-33)19-22-4-8-27-28(16-22)44-20-43-27/h3-8,15-18,31H,1-2,9-14,19-20H2/b30-18-. The zero-order valence-corrected chi connectivity index (χ0v) is 25.0. The van der Waals surface area contributed by atoms with E-state index >= 15 is 0 Å². The first-order valence-electron chi connectivity index (χ1n) is 14.4. The topological polar surface area (TPSA) is 173 Å². The van der Waals surface area contributed by atoms with Crippen LogP contribution in [0.25, 0.3) is 0 Å². The van der Waals surface area contributed by atoms with E-state index in [-0.39, 0.29) is 28.8 Å². The van der Waals surface area contributed by atoms with Gasteiger partial charge in [0.05, 0.1) is 21.7 Å². The van der Waals surface area contributed by atoms with Crippen molar-refractivity contribution < 1.29 is 27.7 Å². The van der Waals surface area contributed by atoms with Crippen LogP contribution in [0.5, 0.6) is 11.5 Å². The molecule has 2 fully saturated rings. The molecule has 6 rings (SSSR count). The van der Waals surface area contributed by atoms with Gasteiger partial charge < -0.3 is 14.4 Å². The van der Waals surface area contributed by atoms with E-state index in [1.54, 1.807) is 12.1 Å². The molecule has 0 saturated carbocycles. The highest BCUT2D eigenvalue weighted by Crippen LogP contribution is 2.34. The Morgan fingerprint density at radius 1 is 0.867 bits per heavy atom. The minimum absolute atomic E-state index is 0.0634. The van der Waals surface area contributed by atoms with Crippen LogP contribution in [0.1, 0.15) is 24.0 Å². The normalized spacial score (nSPS) is 17.2. The van der Waals surface area contributed by atoms with E-state index in [9.17, 15) is 28.6 Å². The summed E-state index contributed by atoms with van der Waals surface area (Å²) in [6, 6.07) is 14.2. The molecule has 3 aromatic carbocycles. The molecule has 0 atom stereocenters. The molecule has 3 aromatic rings. The number of benzene rings is 3. The average molecular weight is 638 g/mol. The van der Waals surface area contributed by atoms with Crippen LogP contribution in [0, 0.1) is 20.2 Å². The molecule has 0 unspecified atom stereocenters. The van der Waals surface area contributed by atoms with E-state index in [0.29, 0.717) is 50.3 Å². The Labute approximate surface area is 259 Å². The van der Waals surface area contributed by atoms with Crippen LogP contribution in [0.15, 0.2) is 64.6 Å². The van der Waals surface area contributed by atoms with Crippen LogP contribution in [0.2, 0.25) is 0 Å². The number of hydrazone groups is 1. The van der Waals surface area contributed by atoms with Crippen molar-refractivity contribution in [1.82, 2.24) is 9.21 Å². The average Bonchev–Trinajstić information content (AvgIpc) is 3.75. The van der Waals surface area contributed by atoms with Crippen LogP contribution in [-0.2, 0) is 16.6 Å². The van der Waals surface area contributed by atoms with E-state index in [0.717, 1.165) is 42.8 Å². The Bertz CT molecular complexity index is 1750. The molecule has 3 heterocycles. The molecule has 3 aliphatic rings. The Balaban J connectivity index is 1.14. The monoisotopic (exact) mass is 637 g/mol. The first-order valence-corrected chi connectivity index (χ1v) is 15.8.